The second kappa shape index (κ2) is 13.7. The Kier molecular flexibility index (Phi) is 8.28. The van der Waals surface area contributed by atoms with Crippen LogP contribution in [0.2, 0.25) is 0 Å². The number of halogens is 1. The number of benzene rings is 9. The highest BCUT2D eigenvalue weighted by molar-refractivity contribution is 9.10. The first kappa shape index (κ1) is 32.6. The minimum atomic E-state index is 0.0209. The zero-order chi connectivity index (χ0) is 36.0. The summed E-state index contributed by atoms with van der Waals surface area (Å²) < 4.78 is 7.55. The molecule has 9 aromatic rings. The molecule has 0 bridgehead atoms. The summed E-state index contributed by atoms with van der Waals surface area (Å²) in [7, 11) is 0. The van der Waals surface area contributed by atoms with Crippen molar-refractivity contribution >= 4 is 37.5 Å². The van der Waals surface area contributed by atoms with E-state index in [1.807, 2.05) is 12.1 Å². The average Bonchev–Trinajstić information content (AvgIpc) is 3.80. The van der Waals surface area contributed by atoms with E-state index >= 15 is 0 Å². The van der Waals surface area contributed by atoms with E-state index in [0.29, 0.717) is 0 Å². The van der Waals surface area contributed by atoms with Gasteiger partial charge in [0.1, 0.15) is 12.2 Å². The van der Waals surface area contributed by atoms with E-state index in [2.05, 4.69) is 204 Å². The normalized spacial score (nSPS) is 15.1. The second-order valence-corrected chi connectivity index (χ2v) is 14.8. The van der Waals surface area contributed by atoms with E-state index in [0.717, 1.165) is 4.47 Å². The molecule has 0 N–H and O–H groups in total. The van der Waals surface area contributed by atoms with E-state index in [4.69, 9.17) is 4.74 Å². The first-order chi connectivity index (χ1) is 26.8. The van der Waals surface area contributed by atoms with Gasteiger partial charge in [-0.3, -0.25) is 0 Å². The van der Waals surface area contributed by atoms with Crippen LogP contribution in [0.5, 0.6) is 0 Å². The zero-order valence-electron chi connectivity index (χ0n) is 29.5. The summed E-state index contributed by atoms with van der Waals surface area (Å²) >= 11 is 3.81. The molecule has 9 aromatic carbocycles. The largest absolute Gasteiger partial charge is 0.356 e. The van der Waals surface area contributed by atoms with Crippen LogP contribution >= 0.6 is 15.9 Å². The molecule has 1 nitrogen and oxygen atoms in total. The van der Waals surface area contributed by atoms with Crippen LogP contribution in [-0.4, -0.2) is 0 Å². The molecule has 2 atom stereocenters. The molecular formula is C52H35BrO. The van der Waals surface area contributed by atoms with Crippen molar-refractivity contribution in [2.75, 3.05) is 0 Å². The van der Waals surface area contributed by atoms with E-state index in [9.17, 15) is 0 Å². The van der Waals surface area contributed by atoms with Crippen LogP contribution in [-0.2, 0) is 4.74 Å². The van der Waals surface area contributed by atoms with Gasteiger partial charge in [0, 0.05) is 4.47 Å². The van der Waals surface area contributed by atoms with Gasteiger partial charge >= 0.3 is 0 Å². The fourth-order valence-corrected chi connectivity index (χ4v) is 9.08. The maximum Gasteiger partial charge on any atom is 0.109 e. The molecule has 1 aliphatic carbocycles. The maximum absolute atomic E-state index is 6.40. The molecule has 2 heteroatoms. The van der Waals surface area contributed by atoms with Gasteiger partial charge in [0.25, 0.3) is 0 Å². The Labute approximate surface area is 324 Å². The van der Waals surface area contributed by atoms with Gasteiger partial charge in [-0.15, -0.1) is 0 Å². The highest BCUT2D eigenvalue weighted by Crippen LogP contribution is 2.58. The quantitative estimate of drug-likeness (QED) is 0.174. The van der Waals surface area contributed by atoms with Gasteiger partial charge < -0.3 is 4.74 Å². The predicted molar refractivity (Wildman–Crippen MR) is 229 cm³/mol. The van der Waals surface area contributed by atoms with Gasteiger partial charge in [-0.25, -0.2) is 0 Å². The molecule has 0 radical (unpaired) electrons. The van der Waals surface area contributed by atoms with Crippen LogP contribution in [0.3, 0.4) is 0 Å². The molecule has 2 unspecified atom stereocenters. The van der Waals surface area contributed by atoms with Crippen molar-refractivity contribution in [2.24, 2.45) is 0 Å². The Hall–Kier alpha value is -6.06. The lowest BCUT2D eigenvalue weighted by Gasteiger charge is -2.20. The topological polar surface area (TPSA) is 9.23 Å². The molecule has 256 valence electrons. The average molecular weight is 756 g/mol. The SMILES string of the molecule is Brc1ccc2c3c(cccc13)-c1c-2c(-c2ccccc2)c2ccccc2c1-c1ccccc1.c1ccc(C2OC(c3ccccc3)c3ccccc32)cc1. The lowest BCUT2D eigenvalue weighted by Crippen LogP contribution is -2.01. The van der Waals surface area contributed by atoms with Crippen molar-refractivity contribution < 1.29 is 4.74 Å². The van der Waals surface area contributed by atoms with Gasteiger partial charge in [-0.2, -0.15) is 0 Å². The summed E-state index contributed by atoms with van der Waals surface area (Å²) in [5.41, 5.74) is 15.5. The third kappa shape index (κ3) is 5.41. The van der Waals surface area contributed by atoms with Crippen molar-refractivity contribution in [1.82, 2.24) is 0 Å². The maximum atomic E-state index is 6.40. The lowest BCUT2D eigenvalue weighted by atomic mass is 9.82. The van der Waals surface area contributed by atoms with E-state index in [1.165, 1.54) is 88.3 Å². The molecule has 0 saturated heterocycles. The Bertz CT molecular complexity index is 2640. The molecule has 0 saturated carbocycles. The first-order valence-corrected chi connectivity index (χ1v) is 19.3. The molecular weight excluding hydrogens is 720 g/mol. The van der Waals surface area contributed by atoms with Crippen molar-refractivity contribution in [3.63, 3.8) is 0 Å². The van der Waals surface area contributed by atoms with Gasteiger partial charge in [-0.1, -0.05) is 210 Å². The first-order valence-electron chi connectivity index (χ1n) is 18.5. The van der Waals surface area contributed by atoms with Crippen LogP contribution in [0.25, 0.3) is 66.1 Å². The highest BCUT2D eigenvalue weighted by atomic mass is 79.9. The van der Waals surface area contributed by atoms with E-state index in [-0.39, 0.29) is 12.2 Å². The van der Waals surface area contributed by atoms with Crippen LogP contribution in [0.1, 0.15) is 34.5 Å². The van der Waals surface area contributed by atoms with E-state index < -0.39 is 0 Å². The minimum Gasteiger partial charge on any atom is -0.356 e. The van der Waals surface area contributed by atoms with Gasteiger partial charge in [-0.05, 0) is 94.4 Å². The molecule has 0 fully saturated rings. The van der Waals surface area contributed by atoms with Crippen molar-refractivity contribution in [1.29, 1.82) is 0 Å². The second-order valence-electron chi connectivity index (χ2n) is 13.9. The molecule has 1 heterocycles. The predicted octanol–water partition coefficient (Wildman–Crippen LogP) is 14.6. The van der Waals surface area contributed by atoms with Crippen molar-refractivity contribution in [3.8, 4) is 44.5 Å². The molecule has 2 aliphatic rings. The summed E-state index contributed by atoms with van der Waals surface area (Å²) in [6.07, 6.45) is 0.0419. The summed E-state index contributed by atoms with van der Waals surface area (Å²) in [5.74, 6) is 0. The molecule has 0 aromatic heterocycles. The Morgan fingerprint density at radius 1 is 0.333 bits per heavy atom. The summed E-state index contributed by atoms with van der Waals surface area (Å²) in [5, 5.41) is 5.20. The van der Waals surface area contributed by atoms with Gasteiger partial charge in [0.2, 0.25) is 0 Å². The molecule has 54 heavy (non-hydrogen) atoms. The van der Waals surface area contributed by atoms with E-state index in [1.54, 1.807) is 0 Å². The number of fused-ring (bicyclic) bond motifs is 5. The molecule has 1 aliphatic heterocycles. The van der Waals surface area contributed by atoms with Crippen LogP contribution < -0.4 is 0 Å². The van der Waals surface area contributed by atoms with Gasteiger partial charge in [0.15, 0.2) is 0 Å². The number of rotatable bonds is 4. The number of ether oxygens (including phenoxy) is 1. The highest BCUT2D eigenvalue weighted by Gasteiger charge is 2.33. The molecule has 11 rings (SSSR count). The number of hydrogen-bond donors (Lipinski definition) is 0. The van der Waals surface area contributed by atoms with Crippen LogP contribution in [0, 0.1) is 0 Å². The van der Waals surface area contributed by atoms with Crippen LogP contribution in [0.15, 0.2) is 205 Å². The Morgan fingerprint density at radius 3 is 1.24 bits per heavy atom. The van der Waals surface area contributed by atoms with Crippen molar-refractivity contribution in [3.05, 3.63) is 227 Å². The standard InChI is InChI=1S/C32H19Br.C20H16O/c33-27-19-18-26-30-24(27)16-9-17-25(30)31-28(20-10-3-1-4-11-20)22-14-7-8-15-23(22)29(32(26)31)21-12-5-2-6-13-21;1-3-9-15(10-4-1)19-17-13-7-8-14-18(17)20(21-19)16-11-5-2-6-12-16/h1-19H;1-14,19-20H. The number of hydrogen-bond acceptors (Lipinski definition) is 1. The summed E-state index contributed by atoms with van der Waals surface area (Å²) in [4.78, 5) is 0. The third-order valence-electron chi connectivity index (χ3n) is 10.9. The summed E-state index contributed by atoms with van der Waals surface area (Å²) in [6.45, 7) is 0. The Morgan fingerprint density at radius 2 is 0.741 bits per heavy atom. The molecule has 0 spiro atoms. The van der Waals surface area contributed by atoms with Crippen molar-refractivity contribution in [2.45, 2.75) is 12.2 Å². The molecule has 0 amide bonds. The smallest absolute Gasteiger partial charge is 0.109 e. The fraction of sp³-hybridized carbons (Fsp3) is 0.0385. The Balaban J connectivity index is 0.000000148. The monoisotopic (exact) mass is 754 g/mol. The zero-order valence-corrected chi connectivity index (χ0v) is 31.1. The fourth-order valence-electron chi connectivity index (χ4n) is 8.62. The van der Waals surface area contributed by atoms with Crippen LogP contribution in [0.4, 0.5) is 0 Å². The minimum absolute atomic E-state index is 0.0209. The van der Waals surface area contributed by atoms with Gasteiger partial charge in [0.05, 0.1) is 0 Å². The lowest BCUT2D eigenvalue weighted by molar-refractivity contribution is 0.0582. The third-order valence-corrected chi connectivity index (χ3v) is 11.6. The summed E-state index contributed by atoms with van der Waals surface area (Å²) in [6, 6.07) is 71.2.